The van der Waals surface area contributed by atoms with E-state index >= 15 is 0 Å². The van der Waals surface area contributed by atoms with Crippen LogP contribution in [0.15, 0.2) is 18.2 Å². The van der Waals surface area contributed by atoms with Gasteiger partial charge in [0.15, 0.2) is 14.9 Å². The molecule has 3 amide bonds. The third-order valence-corrected chi connectivity index (χ3v) is 14.5. The van der Waals surface area contributed by atoms with E-state index in [0.29, 0.717) is 32.1 Å². The highest BCUT2D eigenvalue weighted by molar-refractivity contribution is 6.74. The second-order valence-electron chi connectivity index (χ2n) is 13.7. The molecule has 9 nitrogen and oxygen atoms in total. The minimum Gasteiger partial charge on any atom is -0.484 e. The van der Waals surface area contributed by atoms with Crippen LogP contribution in [-0.2, 0) is 23.5 Å². The number of alkyl halides is 3. The first-order valence-corrected chi connectivity index (χ1v) is 17.9. The second kappa shape index (κ2) is 12.4. The second-order valence-corrected chi connectivity index (χ2v) is 18.9. The van der Waals surface area contributed by atoms with Gasteiger partial charge in [-0.05, 0) is 75.2 Å². The zero-order valence-electron chi connectivity index (χ0n) is 25.5. The molecular formula is C29H40ClF4N3O6Si. The Morgan fingerprint density at radius 2 is 1.68 bits per heavy atom. The van der Waals surface area contributed by atoms with Gasteiger partial charge in [0.05, 0.1) is 28.2 Å². The number of hydrazine groups is 1. The van der Waals surface area contributed by atoms with E-state index in [9.17, 15) is 31.9 Å². The Morgan fingerprint density at radius 1 is 1.05 bits per heavy atom. The normalized spacial score (nSPS) is 28.5. The number of carbonyl (C=O) groups excluding carboxylic acids is 3. The van der Waals surface area contributed by atoms with Gasteiger partial charge in [-0.1, -0.05) is 32.4 Å². The molecule has 0 aromatic heterocycles. The number of nitrogens with one attached hydrogen (secondary N) is 3. The molecule has 44 heavy (non-hydrogen) atoms. The molecule has 2 bridgehead atoms. The van der Waals surface area contributed by atoms with Crippen LogP contribution in [0.3, 0.4) is 0 Å². The smallest absolute Gasteiger partial charge is 0.484 e. The summed E-state index contributed by atoms with van der Waals surface area (Å²) in [5.41, 5.74) is 3.26. The fourth-order valence-corrected chi connectivity index (χ4v) is 7.40. The lowest BCUT2D eigenvalue weighted by atomic mass is 9.55. The summed E-state index contributed by atoms with van der Waals surface area (Å²) in [6, 6.07) is 3.91. The number of rotatable bonds is 9. The molecule has 0 heterocycles. The molecule has 0 radical (unpaired) electrons. The third-order valence-electron chi connectivity index (χ3n) is 9.73. The molecule has 1 aromatic rings. The van der Waals surface area contributed by atoms with Crippen LogP contribution in [0.2, 0.25) is 23.2 Å². The number of fused-ring (bicyclic) bond motifs is 3. The van der Waals surface area contributed by atoms with Gasteiger partial charge in [-0.25, -0.2) is 4.39 Å². The molecule has 4 aliphatic rings. The maximum absolute atomic E-state index is 13.8. The molecule has 3 N–H and O–H groups in total. The molecule has 1 aromatic carbocycles. The zero-order valence-corrected chi connectivity index (χ0v) is 27.2. The summed E-state index contributed by atoms with van der Waals surface area (Å²) in [5.74, 6) is -2.58. The van der Waals surface area contributed by atoms with Crippen molar-refractivity contribution in [2.45, 2.75) is 108 Å². The van der Waals surface area contributed by atoms with Crippen LogP contribution < -0.4 is 20.9 Å². The van der Waals surface area contributed by atoms with Gasteiger partial charge in [-0.2, -0.15) is 0 Å². The standard InChI is InChI=1S/C29H40ClF4N3O6Si/c1-26(2,3)44(4,5)43-22-15-27(25(40)37-36-24(39)17-12-19(13-17)42-29(32,33)34)8-10-28(22,11-9-27)35-23(38)16-41-18-6-7-20(30)21(31)14-18/h6-7,14,17,19,22H,8-13,15-16H2,1-5H3,(H,35,38)(H,36,39)(H,37,40). The number of halogens is 5. The molecule has 0 saturated heterocycles. The van der Waals surface area contributed by atoms with Crippen molar-refractivity contribution in [3.05, 3.63) is 29.0 Å². The summed E-state index contributed by atoms with van der Waals surface area (Å²) in [6.45, 7) is 10.1. The Bertz CT molecular complexity index is 1260. The molecule has 0 spiro atoms. The molecular weight excluding hydrogens is 626 g/mol. The SMILES string of the molecule is CC(C)(C)[Si](C)(C)OC1CC2(C(=O)NNC(=O)C3CC(OC(F)(F)F)C3)CCC1(NC(=O)COc1ccc(Cl)c(F)c1)CC2. The van der Waals surface area contributed by atoms with Gasteiger partial charge in [-0.3, -0.25) is 30.0 Å². The predicted octanol–water partition coefficient (Wildman–Crippen LogP) is 5.53. The maximum Gasteiger partial charge on any atom is 0.522 e. The van der Waals surface area contributed by atoms with Crippen LogP contribution in [0, 0.1) is 17.2 Å². The average Bonchev–Trinajstić information content (AvgIpc) is 2.89. The average molecular weight is 666 g/mol. The number of ether oxygens (including phenoxy) is 2. The quantitative estimate of drug-likeness (QED) is 0.182. The summed E-state index contributed by atoms with van der Waals surface area (Å²) in [7, 11) is -2.38. The van der Waals surface area contributed by atoms with Gasteiger partial charge in [0.1, 0.15) is 11.6 Å². The van der Waals surface area contributed by atoms with Crippen LogP contribution in [0.25, 0.3) is 0 Å². The van der Waals surface area contributed by atoms with Gasteiger partial charge in [0.25, 0.3) is 5.91 Å². The highest BCUT2D eigenvalue weighted by Crippen LogP contribution is 2.55. The van der Waals surface area contributed by atoms with Crippen molar-refractivity contribution in [3.63, 3.8) is 0 Å². The van der Waals surface area contributed by atoms with Gasteiger partial charge < -0.3 is 14.5 Å². The summed E-state index contributed by atoms with van der Waals surface area (Å²) in [4.78, 5) is 39.1. The third kappa shape index (κ3) is 7.68. The molecule has 15 heteroatoms. The largest absolute Gasteiger partial charge is 0.522 e. The lowest BCUT2D eigenvalue weighted by molar-refractivity contribution is -0.353. The first-order chi connectivity index (χ1) is 20.2. The first kappa shape index (κ1) is 34.5. The highest BCUT2D eigenvalue weighted by Gasteiger charge is 2.60. The van der Waals surface area contributed by atoms with Crippen LogP contribution >= 0.6 is 11.6 Å². The van der Waals surface area contributed by atoms with Gasteiger partial charge in [-0.15, -0.1) is 13.2 Å². The lowest BCUT2D eigenvalue weighted by Gasteiger charge is -2.58. The molecule has 1 atom stereocenters. The van der Waals surface area contributed by atoms with E-state index in [2.05, 4.69) is 54.8 Å². The van der Waals surface area contributed by atoms with Crippen LogP contribution in [0.5, 0.6) is 5.75 Å². The number of hydrogen-bond donors (Lipinski definition) is 3. The van der Waals surface area contributed by atoms with Crippen molar-refractivity contribution in [2.75, 3.05) is 6.61 Å². The van der Waals surface area contributed by atoms with E-state index in [1.807, 2.05) is 0 Å². The summed E-state index contributed by atoms with van der Waals surface area (Å²) < 4.78 is 67.3. The molecule has 4 fully saturated rings. The number of hydrogen-bond acceptors (Lipinski definition) is 6. The van der Waals surface area contributed by atoms with Crippen molar-refractivity contribution >= 4 is 37.6 Å². The monoisotopic (exact) mass is 665 g/mol. The van der Waals surface area contributed by atoms with Crippen molar-refractivity contribution in [3.8, 4) is 5.75 Å². The fourth-order valence-electron chi connectivity index (χ4n) is 5.91. The van der Waals surface area contributed by atoms with Crippen molar-refractivity contribution in [1.82, 2.24) is 16.2 Å². The Balaban J connectivity index is 1.41. The zero-order chi connectivity index (χ0) is 32.7. The summed E-state index contributed by atoms with van der Waals surface area (Å²) in [5, 5.41) is 2.90. The Kier molecular flexibility index (Phi) is 9.71. The maximum atomic E-state index is 13.8. The Labute approximate surface area is 260 Å². The van der Waals surface area contributed by atoms with Gasteiger partial charge in [0, 0.05) is 12.0 Å². The van der Waals surface area contributed by atoms with E-state index in [1.165, 1.54) is 12.1 Å². The Morgan fingerprint density at radius 3 is 2.25 bits per heavy atom. The van der Waals surface area contributed by atoms with Crippen molar-refractivity contribution in [2.24, 2.45) is 11.3 Å². The molecule has 1 unspecified atom stereocenters. The topological polar surface area (TPSA) is 115 Å². The summed E-state index contributed by atoms with van der Waals surface area (Å²) >= 11 is 5.72. The molecule has 5 rings (SSSR count). The van der Waals surface area contributed by atoms with Crippen molar-refractivity contribution in [1.29, 1.82) is 0 Å². The molecule has 0 aliphatic heterocycles. The van der Waals surface area contributed by atoms with Crippen molar-refractivity contribution < 1.29 is 45.8 Å². The Hall–Kier alpha value is -2.42. The molecule has 4 saturated carbocycles. The van der Waals surface area contributed by atoms with E-state index in [-0.39, 0.29) is 35.3 Å². The van der Waals surface area contributed by atoms with E-state index < -0.39 is 67.3 Å². The van der Waals surface area contributed by atoms with Crippen LogP contribution in [0.1, 0.15) is 65.7 Å². The lowest BCUT2D eigenvalue weighted by Crippen LogP contribution is -2.70. The minimum atomic E-state index is -4.76. The minimum absolute atomic E-state index is 0.0602. The first-order valence-electron chi connectivity index (χ1n) is 14.7. The highest BCUT2D eigenvalue weighted by atomic mass is 35.5. The van der Waals surface area contributed by atoms with Crippen LogP contribution in [-0.4, -0.2) is 56.8 Å². The number of benzene rings is 1. The molecule has 246 valence electrons. The number of amides is 3. The van der Waals surface area contributed by atoms with Crippen LogP contribution in [0.4, 0.5) is 17.6 Å². The van der Waals surface area contributed by atoms with E-state index in [4.69, 9.17) is 20.8 Å². The summed E-state index contributed by atoms with van der Waals surface area (Å²) in [6.07, 6.45) is -4.51. The predicted molar refractivity (Wildman–Crippen MR) is 155 cm³/mol. The molecule has 4 aliphatic carbocycles. The van der Waals surface area contributed by atoms with Gasteiger partial charge >= 0.3 is 6.36 Å². The van der Waals surface area contributed by atoms with E-state index in [1.54, 1.807) is 0 Å². The van der Waals surface area contributed by atoms with E-state index in [0.717, 1.165) is 6.07 Å². The fraction of sp³-hybridized carbons (Fsp3) is 0.690. The van der Waals surface area contributed by atoms with Gasteiger partial charge in [0.2, 0.25) is 11.8 Å². The number of carbonyl (C=O) groups is 3.